The molecule has 1 fully saturated rings. The predicted octanol–water partition coefficient (Wildman–Crippen LogP) is 0.753. The molecule has 1 aliphatic rings. The van der Waals surface area contributed by atoms with E-state index in [0.717, 1.165) is 6.42 Å². The van der Waals surface area contributed by atoms with Crippen molar-refractivity contribution in [1.29, 1.82) is 0 Å². The standard InChI is InChI=1S/C6H10O2/c1-3-5-6(8-5)4(2)7/h5-6H,3H2,1-2H3. The Bertz CT molecular complexity index is 109. The Balaban J connectivity index is 2.26. The fraction of sp³-hybridized carbons (Fsp3) is 0.833. The van der Waals surface area contributed by atoms with Gasteiger partial charge in [-0.25, -0.2) is 0 Å². The summed E-state index contributed by atoms with van der Waals surface area (Å²) in [4.78, 5) is 10.5. The van der Waals surface area contributed by atoms with Gasteiger partial charge in [0.25, 0.3) is 0 Å². The van der Waals surface area contributed by atoms with E-state index in [9.17, 15) is 4.79 Å². The average molecular weight is 114 g/mol. The van der Waals surface area contributed by atoms with Crippen LogP contribution in [0.25, 0.3) is 0 Å². The molecule has 1 saturated heterocycles. The maximum absolute atomic E-state index is 10.5. The summed E-state index contributed by atoms with van der Waals surface area (Å²) in [5, 5.41) is 0. The van der Waals surface area contributed by atoms with Crippen LogP contribution >= 0.6 is 0 Å². The van der Waals surface area contributed by atoms with Crippen molar-refractivity contribution < 1.29 is 9.53 Å². The lowest BCUT2D eigenvalue weighted by Crippen LogP contribution is -2.03. The van der Waals surface area contributed by atoms with E-state index in [1.807, 2.05) is 6.92 Å². The molecule has 8 heavy (non-hydrogen) atoms. The second-order valence-corrected chi connectivity index (χ2v) is 2.11. The number of carbonyl (C=O) groups excluding carboxylic acids is 1. The summed E-state index contributed by atoms with van der Waals surface area (Å²) in [5.74, 6) is 0.164. The Labute approximate surface area is 48.8 Å². The summed E-state index contributed by atoms with van der Waals surface area (Å²) in [6, 6.07) is 0. The fourth-order valence-electron chi connectivity index (χ4n) is 0.811. The topological polar surface area (TPSA) is 29.6 Å². The zero-order chi connectivity index (χ0) is 6.15. The van der Waals surface area contributed by atoms with Crippen LogP contribution in [0.3, 0.4) is 0 Å². The number of carbonyl (C=O) groups is 1. The van der Waals surface area contributed by atoms with Crippen LogP contribution < -0.4 is 0 Å². The SMILES string of the molecule is CCC1OC1C(C)=O. The first-order valence-electron chi connectivity index (χ1n) is 2.91. The molecule has 0 aliphatic carbocycles. The summed E-state index contributed by atoms with van der Waals surface area (Å²) in [6.45, 7) is 3.59. The lowest BCUT2D eigenvalue weighted by Gasteiger charge is -1.78. The van der Waals surface area contributed by atoms with Gasteiger partial charge in [-0.15, -0.1) is 0 Å². The molecule has 46 valence electrons. The largest absolute Gasteiger partial charge is 0.361 e. The summed E-state index contributed by atoms with van der Waals surface area (Å²) < 4.78 is 4.98. The van der Waals surface area contributed by atoms with Crippen molar-refractivity contribution in [3.05, 3.63) is 0 Å². The van der Waals surface area contributed by atoms with Gasteiger partial charge in [-0.3, -0.25) is 4.79 Å². The number of ether oxygens (including phenoxy) is 1. The van der Waals surface area contributed by atoms with E-state index in [2.05, 4.69) is 0 Å². The summed E-state index contributed by atoms with van der Waals surface area (Å²) >= 11 is 0. The quantitative estimate of drug-likeness (QED) is 0.496. The van der Waals surface area contributed by atoms with Crippen LogP contribution in [0.4, 0.5) is 0 Å². The predicted molar refractivity (Wildman–Crippen MR) is 29.6 cm³/mol. The van der Waals surface area contributed by atoms with Gasteiger partial charge in [0.05, 0.1) is 6.10 Å². The van der Waals surface area contributed by atoms with Crippen molar-refractivity contribution in [2.75, 3.05) is 0 Å². The van der Waals surface area contributed by atoms with Gasteiger partial charge in [0.1, 0.15) is 6.10 Å². The molecule has 1 aliphatic heterocycles. The van der Waals surface area contributed by atoms with Crippen LogP contribution in [-0.4, -0.2) is 18.0 Å². The minimum atomic E-state index is -0.0556. The molecule has 0 aromatic carbocycles. The summed E-state index contributed by atoms with van der Waals surface area (Å²) in [7, 11) is 0. The highest BCUT2D eigenvalue weighted by atomic mass is 16.6. The fourth-order valence-corrected chi connectivity index (χ4v) is 0.811. The maximum Gasteiger partial charge on any atom is 0.161 e. The molecule has 0 spiro atoms. The Morgan fingerprint density at radius 1 is 1.75 bits per heavy atom. The van der Waals surface area contributed by atoms with Crippen LogP contribution in [0, 0.1) is 0 Å². The first-order chi connectivity index (χ1) is 3.75. The molecule has 0 amide bonds. The molecule has 0 aromatic heterocycles. The molecule has 2 unspecified atom stereocenters. The minimum absolute atomic E-state index is 0.0556. The number of Topliss-reactive ketones (excluding diaryl/α,β-unsaturated/α-hetero) is 1. The monoisotopic (exact) mass is 114 g/mol. The van der Waals surface area contributed by atoms with E-state index in [-0.39, 0.29) is 18.0 Å². The molecule has 2 atom stereocenters. The van der Waals surface area contributed by atoms with Crippen molar-refractivity contribution in [2.45, 2.75) is 32.5 Å². The van der Waals surface area contributed by atoms with E-state index in [1.54, 1.807) is 6.92 Å². The lowest BCUT2D eigenvalue weighted by atomic mass is 10.2. The maximum atomic E-state index is 10.5. The molecule has 0 N–H and O–H groups in total. The van der Waals surface area contributed by atoms with Gasteiger partial charge in [0.15, 0.2) is 5.78 Å². The van der Waals surface area contributed by atoms with Crippen LogP contribution in [0.1, 0.15) is 20.3 Å². The third-order valence-electron chi connectivity index (χ3n) is 1.39. The first-order valence-corrected chi connectivity index (χ1v) is 2.91. The molecule has 1 rings (SSSR count). The molecule has 0 aromatic rings. The van der Waals surface area contributed by atoms with Gasteiger partial charge in [-0.05, 0) is 13.3 Å². The molecular formula is C6H10O2. The molecule has 0 radical (unpaired) electrons. The van der Waals surface area contributed by atoms with Gasteiger partial charge in [-0.1, -0.05) is 6.92 Å². The molecule has 0 bridgehead atoms. The lowest BCUT2D eigenvalue weighted by molar-refractivity contribution is -0.118. The minimum Gasteiger partial charge on any atom is -0.361 e. The van der Waals surface area contributed by atoms with Crippen molar-refractivity contribution in [2.24, 2.45) is 0 Å². The third kappa shape index (κ3) is 0.892. The number of hydrogen-bond donors (Lipinski definition) is 0. The van der Waals surface area contributed by atoms with E-state index in [0.29, 0.717) is 0 Å². The van der Waals surface area contributed by atoms with Crippen molar-refractivity contribution in [3.8, 4) is 0 Å². The Morgan fingerprint density at radius 3 is 2.50 bits per heavy atom. The highest BCUT2D eigenvalue weighted by Gasteiger charge is 2.40. The molecule has 0 saturated carbocycles. The molecular weight excluding hydrogens is 104 g/mol. The third-order valence-corrected chi connectivity index (χ3v) is 1.39. The van der Waals surface area contributed by atoms with Crippen LogP contribution in [0.2, 0.25) is 0 Å². The Morgan fingerprint density at radius 2 is 2.38 bits per heavy atom. The normalized spacial score (nSPS) is 34.8. The molecule has 2 heteroatoms. The van der Waals surface area contributed by atoms with Crippen LogP contribution in [0.15, 0.2) is 0 Å². The van der Waals surface area contributed by atoms with Crippen LogP contribution in [-0.2, 0) is 9.53 Å². The average Bonchev–Trinajstić information content (AvgIpc) is 2.42. The van der Waals surface area contributed by atoms with Crippen molar-refractivity contribution >= 4 is 5.78 Å². The van der Waals surface area contributed by atoms with Crippen molar-refractivity contribution in [1.82, 2.24) is 0 Å². The zero-order valence-electron chi connectivity index (χ0n) is 5.18. The smallest absolute Gasteiger partial charge is 0.161 e. The van der Waals surface area contributed by atoms with Crippen LogP contribution in [0.5, 0.6) is 0 Å². The second-order valence-electron chi connectivity index (χ2n) is 2.11. The zero-order valence-corrected chi connectivity index (χ0v) is 5.18. The number of ketones is 1. The van der Waals surface area contributed by atoms with Gasteiger partial charge >= 0.3 is 0 Å². The summed E-state index contributed by atoms with van der Waals surface area (Å²) in [6.07, 6.45) is 1.15. The highest BCUT2D eigenvalue weighted by Crippen LogP contribution is 2.24. The van der Waals surface area contributed by atoms with E-state index in [4.69, 9.17) is 4.74 Å². The van der Waals surface area contributed by atoms with E-state index in [1.165, 1.54) is 0 Å². The number of hydrogen-bond acceptors (Lipinski definition) is 2. The first kappa shape index (κ1) is 5.76. The van der Waals surface area contributed by atoms with Gasteiger partial charge < -0.3 is 4.74 Å². The second kappa shape index (κ2) is 1.86. The molecule has 1 heterocycles. The van der Waals surface area contributed by atoms with E-state index < -0.39 is 0 Å². The molecule has 2 nitrogen and oxygen atoms in total. The van der Waals surface area contributed by atoms with E-state index >= 15 is 0 Å². The number of epoxide rings is 1. The van der Waals surface area contributed by atoms with Crippen molar-refractivity contribution in [3.63, 3.8) is 0 Å². The van der Waals surface area contributed by atoms with Gasteiger partial charge in [-0.2, -0.15) is 0 Å². The van der Waals surface area contributed by atoms with Gasteiger partial charge in [0.2, 0.25) is 0 Å². The Hall–Kier alpha value is -0.370. The van der Waals surface area contributed by atoms with Gasteiger partial charge in [0, 0.05) is 0 Å². The summed E-state index contributed by atoms with van der Waals surface area (Å²) in [5.41, 5.74) is 0. The number of rotatable bonds is 2. The Kier molecular flexibility index (Phi) is 1.34. The highest BCUT2D eigenvalue weighted by molar-refractivity contribution is 5.83.